The quantitative estimate of drug-likeness (QED) is 0.331. The molecule has 2 fully saturated rings. The lowest BCUT2D eigenvalue weighted by atomic mass is 9.84. The normalized spacial score (nSPS) is 24.3. The van der Waals surface area contributed by atoms with Crippen LogP contribution in [0.25, 0.3) is 10.9 Å². The molecule has 5 nitrogen and oxygen atoms in total. The van der Waals surface area contributed by atoms with Gasteiger partial charge in [-0.15, -0.1) is 0 Å². The van der Waals surface area contributed by atoms with Crippen molar-refractivity contribution in [2.24, 2.45) is 11.8 Å². The van der Waals surface area contributed by atoms with Crippen LogP contribution in [0.4, 0.5) is 0 Å². The molecule has 2 unspecified atom stereocenters. The lowest BCUT2D eigenvalue weighted by molar-refractivity contribution is 0.0917. The van der Waals surface area contributed by atoms with E-state index in [1.165, 1.54) is 43.2 Å². The van der Waals surface area contributed by atoms with Gasteiger partial charge in [0.2, 0.25) is 0 Å². The minimum absolute atomic E-state index is 0.0239. The van der Waals surface area contributed by atoms with Crippen LogP contribution in [0.1, 0.15) is 114 Å². The highest BCUT2D eigenvalue weighted by molar-refractivity contribution is 6.07. The van der Waals surface area contributed by atoms with Gasteiger partial charge in [-0.3, -0.25) is 19.5 Å². The fourth-order valence-electron chi connectivity index (χ4n) is 7.34. The molecule has 5 heteroatoms. The molecule has 204 valence electrons. The molecular formula is C34H41N3O2. The van der Waals surface area contributed by atoms with Crippen LogP contribution in [0.2, 0.25) is 0 Å². The summed E-state index contributed by atoms with van der Waals surface area (Å²) < 4.78 is 0. The standard InChI is InChI=1S/C34H41N3O2/c1-20(2)33(38)24-9-14-26-29(19-24)31-16-15-30(26)37(31)18-17-23-7-10-25(11-8-23)36-34(39)28-12-5-21(3)32-27(28)13-6-22(4)35-32/h5-6,9,12-14,19-20,23,25,30-31H,7-8,10-11,15-18H2,1-4H3,(H,36,39). The van der Waals surface area contributed by atoms with Crippen LogP contribution in [-0.4, -0.2) is 34.2 Å². The molecular weight excluding hydrogens is 482 g/mol. The second kappa shape index (κ2) is 10.5. The third kappa shape index (κ3) is 4.91. The third-order valence-corrected chi connectivity index (χ3v) is 9.55. The van der Waals surface area contributed by atoms with Crippen LogP contribution in [0, 0.1) is 25.7 Å². The number of aromatic nitrogens is 1. The number of hydrogen-bond donors (Lipinski definition) is 1. The van der Waals surface area contributed by atoms with Crippen molar-refractivity contribution >= 4 is 22.6 Å². The summed E-state index contributed by atoms with van der Waals surface area (Å²) in [7, 11) is 0. The van der Waals surface area contributed by atoms with E-state index in [4.69, 9.17) is 0 Å². The Balaban J connectivity index is 1.03. The summed E-state index contributed by atoms with van der Waals surface area (Å²) in [6.45, 7) is 9.13. The molecule has 0 radical (unpaired) electrons. The molecule has 3 aromatic rings. The lowest BCUT2D eigenvalue weighted by Gasteiger charge is -2.31. The van der Waals surface area contributed by atoms with Crippen LogP contribution in [-0.2, 0) is 0 Å². The summed E-state index contributed by atoms with van der Waals surface area (Å²) in [4.78, 5) is 33.2. The van der Waals surface area contributed by atoms with Gasteiger partial charge in [-0.25, -0.2) is 0 Å². The van der Waals surface area contributed by atoms with Crippen LogP contribution in [0.3, 0.4) is 0 Å². The predicted molar refractivity (Wildman–Crippen MR) is 156 cm³/mol. The highest BCUT2D eigenvalue weighted by Crippen LogP contribution is 2.53. The van der Waals surface area contributed by atoms with Crippen molar-refractivity contribution in [1.82, 2.24) is 15.2 Å². The zero-order valence-electron chi connectivity index (χ0n) is 23.8. The van der Waals surface area contributed by atoms with Gasteiger partial charge in [0.1, 0.15) is 0 Å². The minimum atomic E-state index is 0.0239. The molecule has 3 aliphatic rings. The van der Waals surface area contributed by atoms with Gasteiger partial charge in [-0.2, -0.15) is 0 Å². The van der Waals surface area contributed by atoms with Crippen molar-refractivity contribution in [1.29, 1.82) is 0 Å². The van der Waals surface area contributed by atoms with E-state index in [0.717, 1.165) is 52.7 Å². The Kier molecular flexibility index (Phi) is 7.05. The Bertz CT molecular complexity index is 1420. The maximum absolute atomic E-state index is 13.2. The number of rotatable bonds is 7. The van der Waals surface area contributed by atoms with E-state index < -0.39 is 0 Å². The molecule has 2 aliphatic heterocycles. The highest BCUT2D eigenvalue weighted by Gasteiger charge is 2.43. The molecule has 1 aliphatic carbocycles. The Hall–Kier alpha value is -3.05. The molecule has 1 saturated heterocycles. The van der Waals surface area contributed by atoms with Gasteiger partial charge in [0, 0.05) is 46.3 Å². The van der Waals surface area contributed by atoms with Gasteiger partial charge in [0.15, 0.2) is 5.78 Å². The van der Waals surface area contributed by atoms with Gasteiger partial charge in [0.05, 0.1) is 5.52 Å². The highest BCUT2D eigenvalue weighted by atomic mass is 16.1. The smallest absolute Gasteiger partial charge is 0.252 e. The summed E-state index contributed by atoms with van der Waals surface area (Å²) in [6.07, 6.45) is 8.09. The van der Waals surface area contributed by atoms with Crippen molar-refractivity contribution in [2.75, 3.05) is 6.54 Å². The van der Waals surface area contributed by atoms with E-state index in [1.54, 1.807) is 0 Å². The van der Waals surface area contributed by atoms with E-state index in [0.29, 0.717) is 18.0 Å². The first kappa shape index (κ1) is 26.2. The molecule has 39 heavy (non-hydrogen) atoms. The Morgan fingerprint density at radius 1 is 0.923 bits per heavy atom. The molecule has 3 heterocycles. The number of hydrogen-bond acceptors (Lipinski definition) is 4. The Morgan fingerprint density at radius 2 is 1.67 bits per heavy atom. The van der Waals surface area contributed by atoms with Crippen LogP contribution >= 0.6 is 0 Å². The number of nitrogens with zero attached hydrogens (tertiary/aromatic N) is 2. The molecule has 2 bridgehead atoms. The zero-order chi connectivity index (χ0) is 27.3. The number of fused-ring (bicyclic) bond motifs is 6. The van der Waals surface area contributed by atoms with Gasteiger partial charge in [-0.1, -0.05) is 38.1 Å². The Morgan fingerprint density at radius 3 is 2.41 bits per heavy atom. The van der Waals surface area contributed by atoms with Gasteiger partial charge < -0.3 is 5.32 Å². The van der Waals surface area contributed by atoms with Crippen LogP contribution in [0.15, 0.2) is 42.5 Å². The number of Topliss-reactive ketones (excluding diaryl/α,β-unsaturated/α-hetero) is 1. The molecule has 1 aromatic heterocycles. The fraction of sp³-hybridized carbons (Fsp3) is 0.500. The topological polar surface area (TPSA) is 62.3 Å². The number of pyridine rings is 1. The van der Waals surface area contributed by atoms with E-state index in [9.17, 15) is 9.59 Å². The van der Waals surface area contributed by atoms with Crippen LogP contribution < -0.4 is 5.32 Å². The first-order chi connectivity index (χ1) is 18.8. The summed E-state index contributed by atoms with van der Waals surface area (Å²) in [5.41, 5.74) is 7.45. The maximum Gasteiger partial charge on any atom is 0.252 e. The van der Waals surface area contributed by atoms with E-state index in [2.05, 4.69) is 34.3 Å². The van der Waals surface area contributed by atoms with E-state index in [-0.39, 0.29) is 23.7 Å². The molecule has 1 N–H and O–H groups in total. The number of nitrogens with one attached hydrogen (secondary N) is 1. The molecule has 1 amide bonds. The molecule has 0 spiro atoms. The van der Waals surface area contributed by atoms with E-state index >= 15 is 0 Å². The average molecular weight is 524 g/mol. The Labute approximate surface area is 232 Å². The van der Waals surface area contributed by atoms with Gasteiger partial charge >= 0.3 is 0 Å². The van der Waals surface area contributed by atoms with Crippen molar-refractivity contribution in [2.45, 2.75) is 90.8 Å². The first-order valence-electron chi connectivity index (χ1n) is 14.9. The van der Waals surface area contributed by atoms with Crippen LogP contribution in [0.5, 0.6) is 0 Å². The largest absolute Gasteiger partial charge is 0.349 e. The number of ketones is 1. The first-order valence-corrected chi connectivity index (χ1v) is 14.9. The van der Waals surface area contributed by atoms with Gasteiger partial charge in [-0.05, 0) is 106 Å². The van der Waals surface area contributed by atoms with Crippen molar-refractivity contribution in [3.63, 3.8) is 0 Å². The monoisotopic (exact) mass is 523 g/mol. The van der Waals surface area contributed by atoms with Crippen molar-refractivity contribution < 1.29 is 9.59 Å². The average Bonchev–Trinajstić information content (AvgIpc) is 3.48. The zero-order valence-corrected chi connectivity index (χ0v) is 23.8. The lowest BCUT2D eigenvalue weighted by Crippen LogP contribution is -2.38. The maximum atomic E-state index is 13.2. The predicted octanol–water partition coefficient (Wildman–Crippen LogP) is 7.26. The minimum Gasteiger partial charge on any atom is -0.349 e. The number of benzene rings is 2. The number of aryl methyl sites for hydroxylation is 2. The fourth-order valence-corrected chi connectivity index (χ4v) is 7.34. The number of carbonyl (C=O) groups excluding carboxylic acids is 2. The summed E-state index contributed by atoms with van der Waals surface area (Å²) >= 11 is 0. The second-order valence-electron chi connectivity index (χ2n) is 12.5. The summed E-state index contributed by atoms with van der Waals surface area (Å²) in [5.74, 6) is 1.02. The third-order valence-electron chi connectivity index (χ3n) is 9.55. The molecule has 2 aromatic carbocycles. The van der Waals surface area contributed by atoms with Crippen molar-refractivity contribution in [3.8, 4) is 0 Å². The second-order valence-corrected chi connectivity index (χ2v) is 12.5. The van der Waals surface area contributed by atoms with Gasteiger partial charge in [0.25, 0.3) is 5.91 Å². The SMILES string of the molecule is Cc1ccc2c(C(=O)NC3CCC(CCN4C5CCC4c4cc(C(=O)C(C)C)ccc45)CC3)ccc(C)c2n1. The van der Waals surface area contributed by atoms with Crippen molar-refractivity contribution in [3.05, 3.63) is 76.0 Å². The van der Waals surface area contributed by atoms with E-state index in [1.807, 2.05) is 51.1 Å². The molecule has 1 saturated carbocycles. The molecule has 6 rings (SSSR count). The summed E-state index contributed by atoms with van der Waals surface area (Å²) in [6, 6.07) is 15.7. The summed E-state index contributed by atoms with van der Waals surface area (Å²) in [5, 5.41) is 4.27. The number of amides is 1. The number of carbonyl (C=O) groups is 2. The molecule has 2 atom stereocenters.